The Morgan fingerprint density at radius 1 is 0.632 bits per heavy atom. The van der Waals surface area contributed by atoms with Crippen LogP contribution in [0, 0.1) is 0 Å². The van der Waals surface area contributed by atoms with E-state index < -0.39 is 0 Å². The molecule has 2 aromatic carbocycles. The lowest BCUT2D eigenvalue weighted by atomic mass is 10.1. The Morgan fingerprint density at radius 2 is 1.26 bits per heavy atom. The molecule has 3 aromatic rings. The summed E-state index contributed by atoms with van der Waals surface area (Å²) < 4.78 is 0. The van der Waals surface area contributed by atoms with Gasteiger partial charge in [0.25, 0.3) is 0 Å². The van der Waals surface area contributed by atoms with Gasteiger partial charge >= 0.3 is 0 Å². The standard InChI is InChI=1S/C16H12N2S/c19-15-8-6-13(7-9-15)16-17-10-14(11-18-16)12-4-2-1-3-5-12/h1-11,19H. The summed E-state index contributed by atoms with van der Waals surface area (Å²) in [5, 5.41) is 0. The molecule has 0 spiro atoms. The highest BCUT2D eigenvalue weighted by atomic mass is 32.1. The zero-order valence-corrected chi connectivity index (χ0v) is 11.1. The van der Waals surface area contributed by atoms with Crippen LogP contribution in [0.4, 0.5) is 0 Å². The van der Waals surface area contributed by atoms with Gasteiger partial charge in [0.2, 0.25) is 0 Å². The van der Waals surface area contributed by atoms with E-state index >= 15 is 0 Å². The Hall–Kier alpha value is -2.13. The van der Waals surface area contributed by atoms with Gasteiger partial charge in [0.15, 0.2) is 5.82 Å². The first-order chi connectivity index (χ1) is 9.33. The average molecular weight is 264 g/mol. The van der Waals surface area contributed by atoms with Crippen LogP contribution in [-0.4, -0.2) is 9.97 Å². The number of nitrogens with zero attached hydrogens (tertiary/aromatic N) is 2. The van der Waals surface area contributed by atoms with Gasteiger partial charge in [0, 0.05) is 28.4 Å². The largest absolute Gasteiger partial charge is 0.236 e. The molecule has 2 nitrogen and oxygen atoms in total. The predicted octanol–water partition coefficient (Wildman–Crippen LogP) is 4.10. The Labute approximate surface area is 117 Å². The summed E-state index contributed by atoms with van der Waals surface area (Å²) in [6.07, 6.45) is 3.71. The van der Waals surface area contributed by atoms with E-state index in [0.29, 0.717) is 0 Å². The fraction of sp³-hybridized carbons (Fsp3) is 0. The van der Waals surface area contributed by atoms with Gasteiger partial charge in [-0.2, -0.15) is 0 Å². The van der Waals surface area contributed by atoms with Gasteiger partial charge in [-0.05, 0) is 17.7 Å². The van der Waals surface area contributed by atoms with Crippen LogP contribution >= 0.6 is 12.6 Å². The summed E-state index contributed by atoms with van der Waals surface area (Å²) in [5.41, 5.74) is 3.15. The van der Waals surface area contributed by atoms with Crippen molar-refractivity contribution in [3.8, 4) is 22.5 Å². The van der Waals surface area contributed by atoms with Gasteiger partial charge in [0.05, 0.1) is 0 Å². The highest BCUT2D eigenvalue weighted by Gasteiger charge is 2.02. The van der Waals surface area contributed by atoms with Crippen molar-refractivity contribution < 1.29 is 0 Å². The second kappa shape index (κ2) is 5.24. The third kappa shape index (κ3) is 2.66. The first-order valence-electron chi connectivity index (χ1n) is 6.00. The maximum Gasteiger partial charge on any atom is 0.159 e. The minimum Gasteiger partial charge on any atom is -0.236 e. The lowest BCUT2D eigenvalue weighted by Gasteiger charge is -2.03. The Morgan fingerprint density at radius 3 is 1.89 bits per heavy atom. The van der Waals surface area contributed by atoms with Crippen molar-refractivity contribution >= 4 is 12.6 Å². The van der Waals surface area contributed by atoms with Crippen molar-refractivity contribution in [2.45, 2.75) is 4.90 Å². The van der Waals surface area contributed by atoms with Gasteiger partial charge in [-0.3, -0.25) is 0 Å². The molecule has 0 fully saturated rings. The van der Waals surface area contributed by atoms with Crippen LogP contribution in [0.2, 0.25) is 0 Å². The molecule has 0 bridgehead atoms. The van der Waals surface area contributed by atoms with E-state index in [9.17, 15) is 0 Å². The minimum atomic E-state index is 0.730. The quantitative estimate of drug-likeness (QED) is 0.705. The molecule has 3 heteroatoms. The molecule has 0 N–H and O–H groups in total. The van der Waals surface area contributed by atoms with E-state index in [-0.39, 0.29) is 0 Å². The molecular weight excluding hydrogens is 252 g/mol. The molecule has 0 aliphatic carbocycles. The van der Waals surface area contributed by atoms with Crippen LogP contribution in [-0.2, 0) is 0 Å². The van der Waals surface area contributed by atoms with Crippen LogP contribution in [0.15, 0.2) is 71.9 Å². The first kappa shape index (κ1) is 11.9. The van der Waals surface area contributed by atoms with Crippen molar-refractivity contribution in [3.05, 3.63) is 67.0 Å². The second-order valence-corrected chi connectivity index (χ2v) is 4.72. The minimum absolute atomic E-state index is 0.730. The molecule has 0 saturated heterocycles. The molecule has 19 heavy (non-hydrogen) atoms. The number of benzene rings is 2. The summed E-state index contributed by atoms with van der Waals surface area (Å²) in [6.45, 7) is 0. The summed E-state index contributed by atoms with van der Waals surface area (Å²) in [5.74, 6) is 0.730. The van der Waals surface area contributed by atoms with E-state index in [2.05, 4.69) is 22.6 Å². The molecule has 1 heterocycles. The second-order valence-electron chi connectivity index (χ2n) is 4.21. The Kier molecular flexibility index (Phi) is 3.29. The molecule has 0 saturated carbocycles. The van der Waals surface area contributed by atoms with Gasteiger partial charge in [0.1, 0.15) is 0 Å². The fourth-order valence-corrected chi connectivity index (χ4v) is 2.02. The predicted molar refractivity (Wildman–Crippen MR) is 80.2 cm³/mol. The molecule has 0 radical (unpaired) electrons. The van der Waals surface area contributed by atoms with Gasteiger partial charge in [-0.25, -0.2) is 9.97 Å². The highest BCUT2D eigenvalue weighted by Crippen LogP contribution is 2.20. The first-order valence-corrected chi connectivity index (χ1v) is 6.44. The number of thiol groups is 1. The van der Waals surface area contributed by atoms with Crippen molar-refractivity contribution in [2.24, 2.45) is 0 Å². The van der Waals surface area contributed by atoms with Gasteiger partial charge < -0.3 is 0 Å². The number of rotatable bonds is 2. The van der Waals surface area contributed by atoms with Crippen LogP contribution in [0.25, 0.3) is 22.5 Å². The van der Waals surface area contributed by atoms with Gasteiger partial charge in [-0.1, -0.05) is 42.5 Å². The van der Waals surface area contributed by atoms with Crippen molar-refractivity contribution in [1.82, 2.24) is 9.97 Å². The normalized spacial score (nSPS) is 10.4. The maximum absolute atomic E-state index is 4.42. The fourth-order valence-electron chi connectivity index (χ4n) is 1.87. The third-order valence-corrected chi connectivity index (χ3v) is 3.18. The maximum atomic E-state index is 4.42. The van der Waals surface area contributed by atoms with Crippen molar-refractivity contribution in [1.29, 1.82) is 0 Å². The van der Waals surface area contributed by atoms with E-state index in [4.69, 9.17) is 0 Å². The van der Waals surface area contributed by atoms with Crippen LogP contribution in [0.1, 0.15) is 0 Å². The number of hydrogen-bond acceptors (Lipinski definition) is 3. The zero-order chi connectivity index (χ0) is 13.1. The SMILES string of the molecule is Sc1ccc(-c2ncc(-c3ccccc3)cn2)cc1. The lowest BCUT2D eigenvalue weighted by molar-refractivity contribution is 1.18. The number of hydrogen-bond donors (Lipinski definition) is 1. The van der Waals surface area contributed by atoms with Crippen molar-refractivity contribution in [2.75, 3.05) is 0 Å². The lowest BCUT2D eigenvalue weighted by Crippen LogP contribution is -1.89. The Balaban J connectivity index is 1.93. The molecule has 0 amide bonds. The number of aromatic nitrogens is 2. The highest BCUT2D eigenvalue weighted by molar-refractivity contribution is 7.80. The van der Waals surface area contributed by atoms with Crippen molar-refractivity contribution in [3.63, 3.8) is 0 Å². The van der Waals surface area contributed by atoms with E-state index in [0.717, 1.165) is 27.4 Å². The molecular formula is C16H12N2S. The average Bonchev–Trinajstić information content (AvgIpc) is 2.49. The summed E-state index contributed by atoms with van der Waals surface area (Å²) in [4.78, 5) is 9.77. The molecule has 92 valence electrons. The van der Waals surface area contributed by atoms with Crippen LogP contribution in [0.3, 0.4) is 0 Å². The topological polar surface area (TPSA) is 25.8 Å². The zero-order valence-electron chi connectivity index (χ0n) is 10.2. The van der Waals surface area contributed by atoms with Crippen LogP contribution < -0.4 is 0 Å². The monoisotopic (exact) mass is 264 g/mol. The molecule has 0 aliphatic rings. The van der Waals surface area contributed by atoms with Crippen LogP contribution in [0.5, 0.6) is 0 Å². The molecule has 0 unspecified atom stereocenters. The smallest absolute Gasteiger partial charge is 0.159 e. The molecule has 1 aromatic heterocycles. The van der Waals surface area contributed by atoms with E-state index in [1.807, 2.05) is 67.0 Å². The van der Waals surface area contributed by atoms with E-state index in [1.54, 1.807) is 0 Å². The van der Waals surface area contributed by atoms with E-state index in [1.165, 1.54) is 0 Å². The summed E-state index contributed by atoms with van der Waals surface area (Å²) >= 11 is 4.27. The molecule has 0 atom stereocenters. The molecule has 0 aliphatic heterocycles. The van der Waals surface area contributed by atoms with Gasteiger partial charge in [-0.15, -0.1) is 12.6 Å². The summed E-state index contributed by atoms with van der Waals surface area (Å²) in [6, 6.07) is 17.9. The Bertz CT molecular complexity index is 661. The summed E-state index contributed by atoms with van der Waals surface area (Å²) in [7, 11) is 0. The third-order valence-electron chi connectivity index (χ3n) is 2.88. The molecule has 3 rings (SSSR count).